The van der Waals surface area contributed by atoms with Crippen LogP contribution in [0.2, 0.25) is 0 Å². The average Bonchev–Trinajstić information content (AvgIpc) is 2.59. The highest BCUT2D eigenvalue weighted by Gasteiger charge is 2.23. The van der Waals surface area contributed by atoms with Gasteiger partial charge in [-0.25, -0.2) is 5.43 Å². The number of nitrogens with one attached hydrogen (secondary N) is 3. The van der Waals surface area contributed by atoms with E-state index in [0.29, 0.717) is 18.7 Å². The second-order valence-corrected chi connectivity index (χ2v) is 5.51. The fraction of sp³-hybridized carbons (Fsp3) is 0.235. The molecule has 1 atom stereocenters. The summed E-state index contributed by atoms with van der Waals surface area (Å²) in [4.78, 5) is 23.5. The minimum Gasteiger partial charge on any atom is -0.507 e. The molecule has 2 amide bonds. The Labute approximate surface area is 138 Å². The average molecular weight is 326 g/mol. The molecule has 1 heterocycles. The number of hydrogen-bond donors (Lipinski definition) is 4. The van der Waals surface area contributed by atoms with Crippen LogP contribution in [0.15, 0.2) is 41.5 Å². The number of carbonyl (C=O) groups is 2. The van der Waals surface area contributed by atoms with Gasteiger partial charge in [0, 0.05) is 18.7 Å². The van der Waals surface area contributed by atoms with Crippen molar-refractivity contribution >= 4 is 28.8 Å². The smallest absolute Gasteiger partial charge is 0.242 e. The van der Waals surface area contributed by atoms with Crippen LogP contribution < -0.4 is 16.1 Å². The van der Waals surface area contributed by atoms with Crippen molar-refractivity contribution in [3.8, 4) is 5.75 Å². The number of phenols is 1. The number of carbonyl (C=O) groups excluding carboxylic acids is 2. The maximum absolute atomic E-state index is 11.9. The Bertz CT molecular complexity index is 804. The van der Waals surface area contributed by atoms with Gasteiger partial charge < -0.3 is 15.7 Å². The molecule has 0 aromatic heterocycles. The first-order valence-electron chi connectivity index (χ1n) is 7.69. The predicted molar refractivity (Wildman–Crippen MR) is 90.8 cm³/mol. The number of fused-ring (bicyclic) bond motifs is 1. The zero-order chi connectivity index (χ0) is 16.9. The number of piperazine rings is 1. The van der Waals surface area contributed by atoms with Gasteiger partial charge in [0.25, 0.3) is 0 Å². The first-order valence-corrected chi connectivity index (χ1v) is 7.69. The van der Waals surface area contributed by atoms with E-state index in [1.165, 1.54) is 6.21 Å². The summed E-state index contributed by atoms with van der Waals surface area (Å²) < 4.78 is 0. The molecule has 2 aromatic carbocycles. The van der Waals surface area contributed by atoms with Crippen LogP contribution in [0.1, 0.15) is 12.0 Å². The van der Waals surface area contributed by atoms with E-state index in [2.05, 4.69) is 21.2 Å². The van der Waals surface area contributed by atoms with Crippen LogP contribution in [-0.2, 0) is 9.59 Å². The lowest BCUT2D eigenvalue weighted by Gasteiger charge is -2.22. The van der Waals surface area contributed by atoms with Crippen LogP contribution in [-0.4, -0.2) is 42.3 Å². The lowest BCUT2D eigenvalue weighted by atomic mass is 10.0. The van der Waals surface area contributed by atoms with Crippen LogP contribution in [0.5, 0.6) is 5.75 Å². The van der Waals surface area contributed by atoms with E-state index >= 15 is 0 Å². The number of phenolic OH excluding ortho intramolecular Hbond substituents is 1. The van der Waals surface area contributed by atoms with Crippen molar-refractivity contribution in [2.24, 2.45) is 5.10 Å². The third-order valence-electron chi connectivity index (χ3n) is 3.85. The van der Waals surface area contributed by atoms with E-state index < -0.39 is 6.04 Å². The molecule has 2 aromatic rings. The van der Waals surface area contributed by atoms with Crippen LogP contribution >= 0.6 is 0 Å². The largest absolute Gasteiger partial charge is 0.507 e. The molecule has 7 heteroatoms. The van der Waals surface area contributed by atoms with Gasteiger partial charge in [-0.15, -0.1) is 0 Å². The highest BCUT2D eigenvalue weighted by molar-refractivity contribution is 6.02. The standard InChI is InChI=1S/C17H18N4O3/c22-15-6-5-11-3-1-2-4-12(11)13(15)10-20-21-16(23)9-14-17(24)19-8-7-18-14/h1-6,10,14,18,22H,7-9H2,(H,19,24)(H,21,23). The van der Waals surface area contributed by atoms with Gasteiger partial charge in [0.2, 0.25) is 11.8 Å². The molecule has 4 N–H and O–H groups in total. The van der Waals surface area contributed by atoms with Gasteiger partial charge in [0.1, 0.15) is 5.75 Å². The predicted octanol–water partition coefficient (Wildman–Crippen LogP) is 0.474. The van der Waals surface area contributed by atoms with Crippen molar-refractivity contribution in [2.75, 3.05) is 13.1 Å². The Kier molecular flexibility index (Phi) is 4.72. The number of hydrogen-bond acceptors (Lipinski definition) is 5. The topological polar surface area (TPSA) is 103 Å². The first-order chi connectivity index (χ1) is 11.6. The fourth-order valence-electron chi connectivity index (χ4n) is 2.63. The zero-order valence-electron chi connectivity index (χ0n) is 13.0. The second-order valence-electron chi connectivity index (χ2n) is 5.51. The molecule has 1 saturated heterocycles. The van der Waals surface area contributed by atoms with Gasteiger partial charge in [-0.3, -0.25) is 9.59 Å². The normalized spacial score (nSPS) is 17.8. The number of benzene rings is 2. The third kappa shape index (κ3) is 3.52. The van der Waals surface area contributed by atoms with E-state index in [1.54, 1.807) is 6.07 Å². The summed E-state index contributed by atoms with van der Waals surface area (Å²) in [6, 6.07) is 10.4. The van der Waals surface area contributed by atoms with Crippen molar-refractivity contribution in [3.63, 3.8) is 0 Å². The van der Waals surface area contributed by atoms with Crippen molar-refractivity contribution < 1.29 is 14.7 Å². The van der Waals surface area contributed by atoms with E-state index in [-0.39, 0.29) is 24.0 Å². The molecular formula is C17H18N4O3. The SMILES string of the molecule is O=C(CC1NCCNC1=O)NN=Cc1c(O)ccc2ccccc12. The Morgan fingerprint density at radius 3 is 2.96 bits per heavy atom. The van der Waals surface area contributed by atoms with E-state index in [9.17, 15) is 14.7 Å². The van der Waals surface area contributed by atoms with Crippen LogP contribution in [0.25, 0.3) is 10.8 Å². The van der Waals surface area contributed by atoms with Gasteiger partial charge in [-0.1, -0.05) is 30.3 Å². The summed E-state index contributed by atoms with van der Waals surface area (Å²) in [5, 5.41) is 21.4. The number of hydrazone groups is 1. The monoisotopic (exact) mass is 326 g/mol. The molecule has 1 fully saturated rings. The molecular weight excluding hydrogens is 308 g/mol. The molecule has 0 radical (unpaired) electrons. The van der Waals surface area contributed by atoms with E-state index in [1.807, 2.05) is 30.3 Å². The number of rotatable bonds is 4. The summed E-state index contributed by atoms with van der Waals surface area (Å²) in [6.07, 6.45) is 1.41. The molecule has 0 bridgehead atoms. The molecule has 0 saturated carbocycles. The van der Waals surface area contributed by atoms with Crippen molar-refractivity contribution in [3.05, 3.63) is 42.0 Å². The highest BCUT2D eigenvalue weighted by atomic mass is 16.3. The lowest BCUT2D eigenvalue weighted by molar-refractivity contribution is -0.129. The molecule has 1 aliphatic rings. The Balaban J connectivity index is 1.67. The lowest BCUT2D eigenvalue weighted by Crippen LogP contribution is -2.54. The van der Waals surface area contributed by atoms with Gasteiger partial charge >= 0.3 is 0 Å². The minimum atomic E-state index is -0.542. The molecule has 0 spiro atoms. The summed E-state index contributed by atoms with van der Waals surface area (Å²) >= 11 is 0. The van der Waals surface area contributed by atoms with Crippen molar-refractivity contribution in [1.82, 2.24) is 16.1 Å². The highest BCUT2D eigenvalue weighted by Crippen LogP contribution is 2.25. The number of aromatic hydroxyl groups is 1. The van der Waals surface area contributed by atoms with E-state index in [0.717, 1.165) is 10.8 Å². The van der Waals surface area contributed by atoms with Crippen LogP contribution in [0.3, 0.4) is 0 Å². The summed E-state index contributed by atoms with van der Waals surface area (Å²) in [7, 11) is 0. The summed E-state index contributed by atoms with van der Waals surface area (Å²) in [5.41, 5.74) is 2.92. The van der Waals surface area contributed by atoms with Crippen LogP contribution in [0.4, 0.5) is 0 Å². The molecule has 124 valence electrons. The fourth-order valence-corrected chi connectivity index (χ4v) is 2.63. The quantitative estimate of drug-likeness (QED) is 0.484. The summed E-state index contributed by atoms with van der Waals surface area (Å²) in [6.45, 7) is 1.20. The Morgan fingerprint density at radius 1 is 1.29 bits per heavy atom. The van der Waals surface area contributed by atoms with E-state index in [4.69, 9.17) is 0 Å². The first kappa shape index (κ1) is 15.9. The maximum atomic E-state index is 11.9. The number of amides is 2. The second kappa shape index (κ2) is 7.10. The van der Waals surface area contributed by atoms with Gasteiger partial charge in [0.05, 0.1) is 18.7 Å². The van der Waals surface area contributed by atoms with Crippen molar-refractivity contribution in [1.29, 1.82) is 0 Å². The molecule has 3 rings (SSSR count). The maximum Gasteiger partial charge on any atom is 0.242 e. The third-order valence-corrected chi connectivity index (χ3v) is 3.85. The Hall–Kier alpha value is -2.93. The molecule has 24 heavy (non-hydrogen) atoms. The Morgan fingerprint density at radius 2 is 2.12 bits per heavy atom. The van der Waals surface area contributed by atoms with Crippen molar-refractivity contribution in [2.45, 2.75) is 12.5 Å². The van der Waals surface area contributed by atoms with Crippen LogP contribution in [0, 0.1) is 0 Å². The molecule has 1 aliphatic heterocycles. The van der Waals surface area contributed by atoms with Gasteiger partial charge in [0.15, 0.2) is 0 Å². The van der Waals surface area contributed by atoms with Gasteiger partial charge in [-0.05, 0) is 16.8 Å². The molecule has 1 unspecified atom stereocenters. The minimum absolute atomic E-state index is 0.00466. The number of nitrogens with zero attached hydrogens (tertiary/aromatic N) is 1. The molecule has 0 aliphatic carbocycles. The molecule has 7 nitrogen and oxygen atoms in total. The summed E-state index contributed by atoms with van der Waals surface area (Å²) in [5.74, 6) is -0.479. The zero-order valence-corrected chi connectivity index (χ0v) is 13.0. The van der Waals surface area contributed by atoms with Gasteiger partial charge in [-0.2, -0.15) is 5.10 Å².